The molecule has 0 spiro atoms. The molecule has 0 atom stereocenters. The van der Waals surface area contributed by atoms with Crippen molar-refractivity contribution >= 4 is 16.0 Å². The molecule has 2 aromatic heterocycles. The lowest BCUT2D eigenvalue weighted by molar-refractivity contribution is 0.0691. The van der Waals surface area contributed by atoms with Crippen LogP contribution in [0.2, 0.25) is 0 Å². The van der Waals surface area contributed by atoms with Gasteiger partial charge < -0.3 is 10.1 Å². The van der Waals surface area contributed by atoms with E-state index in [0.29, 0.717) is 13.0 Å². The molecule has 0 unspecified atom stereocenters. The first-order valence-corrected chi connectivity index (χ1v) is 7.77. The molecule has 0 bridgehead atoms. The second-order valence-corrected chi connectivity index (χ2v) is 6.69. The Balaban J connectivity index is 1.91. The molecule has 21 heavy (non-hydrogen) atoms. The Morgan fingerprint density at radius 3 is 2.95 bits per heavy atom. The molecule has 7 nitrogen and oxygen atoms in total. The van der Waals surface area contributed by atoms with Gasteiger partial charge in [0.15, 0.2) is 0 Å². The van der Waals surface area contributed by atoms with Crippen LogP contribution in [-0.4, -0.2) is 40.3 Å². The molecule has 1 aliphatic rings. The second-order valence-electron chi connectivity index (χ2n) is 4.75. The predicted octanol–water partition coefficient (Wildman–Crippen LogP) is 0.855. The molecular formula is C13H13N3O4S. The number of H-pyrrole nitrogens is 1. The third kappa shape index (κ3) is 2.43. The van der Waals surface area contributed by atoms with Crippen LogP contribution in [-0.2, 0) is 23.0 Å². The van der Waals surface area contributed by atoms with Gasteiger partial charge in [-0.25, -0.2) is 13.2 Å². The average Bonchev–Trinajstić information content (AvgIpc) is 2.97. The summed E-state index contributed by atoms with van der Waals surface area (Å²) in [5.74, 6) is -1.19. The number of rotatable bonds is 3. The Hall–Kier alpha value is -2.19. The number of aromatic carboxylic acids is 1. The van der Waals surface area contributed by atoms with E-state index in [-0.39, 0.29) is 17.1 Å². The molecule has 0 amide bonds. The van der Waals surface area contributed by atoms with Crippen LogP contribution in [0.1, 0.15) is 21.7 Å². The van der Waals surface area contributed by atoms with Gasteiger partial charge in [-0.3, -0.25) is 4.98 Å². The topological polar surface area (TPSA) is 103 Å². The number of carbonyl (C=O) groups is 1. The van der Waals surface area contributed by atoms with Gasteiger partial charge >= 0.3 is 5.97 Å². The van der Waals surface area contributed by atoms with Crippen LogP contribution in [0.4, 0.5) is 0 Å². The summed E-state index contributed by atoms with van der Waals surface area (Å²) in [5.41, 5.74) is 1.64. The Bertz CT molecular complexity index is 797. The lowest BCUT2D eigenvalue weighted by atomic mass is 10.1. The highest BCUT2D eigenvalue weighted by Gasteiger charge is 2.29. The van der Waals surface area contributed by atoms with E-state index in [1.54, 1.807) is 12.3 Å². The summed E-state index contributed by atoms with van der Waals surface area (Å²) < 4.78 is 26.4. The number of fused-ring (bicyclic) bond motifs is 1. The van der Waals surface area contributed by atoms with E-state index in [1.807, 2.05) is 6.07 Å². The molecule has 8 heteroatoms. The molecule has 2 aromatic rings. The Kier molecular flexibility index (Phi) is 3.26. The fourth-order valence-corrected chi connectivity index (χ4v) is 3.75. The SMILES string of the molecule is O=C(O)c1cc(S(=O)(=O)N2CCc3ncccc3C2)c[nH]1. The van der Waals surface area contributed by atoms with E-state index >= 15 is 0 Å². The van der Waals surface area contributed by atoms with Crippen molar-refractivity contribution in [2.75, 3.05) is 6.54 Å². The van der Waals surface area contributed by atoms with Gasteiger partial charge in [0, 0.05) is 37.6 Å². The molecule has 0 aromatic carbocycles. The Labute approximate surface area is 121 Å². The van der Waals surface area contributed by atoms with Crippen LogP contribution < -0.4 is 0 Å². The average molecular weight is 307 g/mol. The zero-order valence-corrected chi connectivity index (χ0v) is 11.8. The number of hydrogen-bond acceptors (Lipinski definition) is 4. The van der Waals surface area contributed by atoms with Crippen molar-refractivity contribution in [3.63, 3.8) is 0 Å². The number of hydrogen-bond donors (Lipinski definition) is 2. The molecule has 3 rings (SSSR count). The number of sulfonamides is 1. The van der Waals surface area contributed by atoms with Gasteiger partial charge in [-0.05, 0) is 17.7 Å². The lowest BCUT2D eigenvalue weighted by Gasteiger charge is -2.26. The quantitative estimate of drug-likeness (QED) is 0.875. The number of pyridine rings is 1. The first-order chi connectivity index (χ1) is 9.98. The van der Waals surface area contributed by atoms with Gasteiger partial charge in [-0.2, -0.15) is 4.31 Å². The summed E-state index contributed by atoms with van der Waals surface area (Å²) in [5, 5.41) is 8.86. The number of carboxylic acid groups (broad SMARTS) is 1. The van der Waals surface area contributed by atoms with Gasteiger partial charge in [-0.15, -0.1) is 0 Å². The maximum absolute atomic E-state index is 12.5. The van der Waals surface area contributed by atoms with E-state index in [1.165, 1.54) is 10.5 Å². The minimum absolute atomic E-state index is 0.0350. The fraction of sp³-hybridized carbons (Fsp3) is 0.231. The maximum atomic E-state index is 12.5. The van der Waals surface area contributed by atoms with Crippen LogP contribution in [0.15, 0.2) is 35.5 Å². The molecule has 0 aliphatic carbocycles. The van der Waals surface area contributed by atoms with Crippen LogP contribution >= 0.6 is 0 Å². The number of aromatic nitrogens is 2. The first-order valence-electron chi connectivity index (χ1n) is 6.33. The van der Waals surface area contributed by atoms with Gasteiger partial charge in [0.25, 0.3) is 0 Å². The van der Waals surface area contributed by atoms with E-state index in [9.17, 15) is 13.2 Å². The van der Waals surface area contributed by atoms with Crippen molar-refractivity contribution in [2.24, 2.45) is 0 Å². The third-order valence-electron chi connectivity index (χ3n) is 3.45. The third-order valence-corrected chi connectivity index (χ3v) is 5.28. The highest BCUT2D eigenvalue weighted by atomic mass is 32.2. The van der Waals surface area contributed by atoms with Crippen molar-refractivity contribution in [3.05, 3.63) is 47.5 Å². The summed E-state index contributed by atoms with van der Waals surface area (Å²) >= 11 is 0. The smallest absolute Gasteiger partial charge is 0.352 e. The van der Waals surface area contributed by atoms with Gasteiger partial charge in [0.1, 0.15) is 10.6 Å². The van der Waals surface area contributed by atoms with E-state index in [2.05, 4.69) is 9.97 Å². The molecule has 0 saturated heterocycles. The standard InChI is InChI=1S/C13H13N3O4S/c17-13(18)12-6-10(7-15-12)21(19,20)16-5-3-11-9(8-16)2-1-4-14-11/h1-2,4,6-7,15H,3,5,8H2,(H,17,18). The highest BCUT2D eigenvalue weighted by molar-refractivity contribution is 7.89. The summed E-state index contributed by atoms with van der Waals surface area (Å²) in [4.78, 5) is 17.5. The number of nitrogens with one attached hydrogen (secondary N) is 1. The van der Waals surface area contributed by atoms with Crippen molar-refractivity contribution in [1.82, 2.24) is 14.3 Å². The largest absolute Gasteiger partial charge is 0.477 e. The second kappa shape index (κ2) is 4.97. The van der Waals surface area contributed by atoms with E-state index in [4.69, 9.17) is 5.11 Å². The zero-order valence-electron chi connectivity index (χ0n) is 11.0. The molecule has 0 fully saturated rings. The van der Waals surface area contributed by atoms with Crippen molar-refractivity contribution in [1.29, 1.82) is 0 Å². The molecule has 0 saturated carbocycles. The molecule has 0 radical (unpaired) electrons. The van der Waals surface area contributed by atoms with E-state index < -0.39 is 16.0 Å². The van der Waals surface area contributed by atoms with Crippen molar-refractivity contribution in [2.45, 2.75) is 17.9 Å². The normalized spacial score (nSPS) is 15.6. The fourth-order valence-electron chi connectivity index (χ4n) is 2.34. The van der Waals surface area contributed by atoms with Gasteiger partial charge in [0.05, 0.1) is 0 Å². The minimum atomic E-state index is -3.71. The number of carboxylic acids is 1. The van der Waals surface area contributed by atoms with Crippen LogP contribution in [0.25, 0.3) is 0 Å². The molecule has 1 aliphatic heterocycles. The van der Waals surface area contributed by atoms with E-state index in [0.717, 1.165) is 17.3 Å². The maximum Gasteiger partial charge on any atom is 0.352 e. The summed E-state index contributed by atoms with van der Waals surface area (Å²) in [6, 6.07) is 4.76. The first kappa shape index (κ1) is 13.8. The monoisotopic (exact) mass is 307 g/mol. The predicted molar refractivity (Wildman–Crippen MR) is 73.3 cm³/mol. The molecule has 110 valence electrons. The minimum Gasteiger partial charge on any atom is -0.477 e. The van der Waals surface area contributed by atoms with Crippen molar-refractivity contribution < 1.29 is 18.3 Å². The molecule has 2 N–H and O–H groups in total. The highest BCUT2D eigenvalue weighted by Crippen LogP contribution is 2.24. The molecular weight excluding hydrogens is 294 g/mol. The Morgan fingerprint density at radius 1 is 1.43 bits per heavy atom. The van der Waals surface area contributed by atoms with Gasteiger partial charge in [0.2, 0.25) is 10.0 Å². The summed E-state index contributed by atoms with van der Waals surface area (Å²) in [6.45, 7) is 0.582. The number of aromatic amines is 1. The lowest BCUT2D eigenvalue weighted by Crippen LogP contribution is -2.36. The Morgan fingerprint density at radius 2 is 2.24 bits per heavy atom. The summed E-state index contributed by atoms with van der Waals surface area (Å²) in [6.07, 6.45) is 3.44. The number of nitrogens with zero attached hydrogens (tertiary/aromatic N) is 2. The zero-order chi connectivity index (χ0) is 15.0. The molecule has 3 heterocycles. The van der Waals surface area contributed by atoms with Crippen molar-refractivity contribution in [3.8, 4) is 0 Å². The van der Waals surface area contributed by atoms with Crippen LogP contribution in [0.3, 0.4) is 0 Å². The van der Waals surface area contributed by atoms with Gasteiger partial charge in [-0.1, -0.05) is 6.07 Å². The van der Waals surface area contributed by atoms with Crippen LogP contribution in [0, 0.1) is 0 Å². The summed E-state index contributed by atoms with van der Waals surface area (Å²) in [7, 11) is -3.71. The van der Waals surface area contributed by atoms with Crippen LogP contribution in [0.5, 0.6) is 0 Å².